The van der Waals surface area contributed by atoms with E-state index in [0.29, 0.717) is 5.69 Å². The van der Waals surface area contributed by atoms with Crippen molar-refractivity contribution in [2.75, 3.05) is 26.0 Å². The molecule has 0 unspecified atom stereocenters. The van der Waals surface area contributed by atoms with Crippen molar-refractivity contribution in [1.29, 1.82) is 0 Å². The van der Waals surface area contributed by atoms with Crippen LogP contribution in [0.3, 0.4) is 0 Å². The molecule has 3 rings (SSSR count). The minimum atomic E-state index is -1.37. The first-order chi connectivity index (χ1) is 10.8. The number of rotatable bonds is 1. The summed E-state index contributed by atoms with van der Waals surface area (Å²) in [4.78, 5) is 28.9. The van der Waals surface area contributed by atoms with Crippen LogP contribution in [-0.4, -0.2) is 48.2 Å². The summed E-state index contributed by atoms with van der Waals surface area (Å²) in [5.41, 5.74) is 4.83. The fourth-order valence-corrected chi connectivity index (χ4v) is 2.97. The topological polar surface area (TPSA) is 117 Å². The zero-order valence-corrected chi connectivity index (χ0v) is 12.2. The summed E-state index contributed by atoms with van der Waals surface area (Å²) in [6.07, 6.45) is -1.37. The van der Waals surface area contributed by atoms with Crippen LogP contribution in [0.25, 0.3) is 0 Å². The molecular weight excluding hydrogens is 307 g/mol. The number of carbonyl (C=O) groups excluding carboxylic acids is 1. The summed E-state index contributed by atoms with van der Waals surface area (Å²) in [5.74, 6) is -1.90. The van der Waals surface area contributed by atoms with Gasteiger partial charge in [-0.2, -0.15) is 0 Å². The Morgan fingerprint density at radius 1 is 1.61 bits per heavy atom. The molecule has 2 amide bonds. The van der Waals surface area contributed by atoms with Gasteiger partial charge in [-0.25, -0.2) is 14.2 Å². The van der Waals surface area contributed by atoms with Gasteiger partial charge in [-0.05, 0) is 18.2 Å². The largest absolute Gasteiger partial charge is 0.465 e. The van der Waals surface area contributed by atoms with E-state index in [2.05, 4.69) is 10.3 Å². The van der Waals surface area contributed by atoms with Crippen molar-refractivity contribution >= 4 is 23.6 Å². The van der Waals surface area contributed by atoms with E-state index < -0.39 is 29.3 Å². The number of nitrogens with one attached hydrogen (secondary N) is 1. The number of aliphatic imine (C=N–C) groups is 1. The molecule has 9 heteroatoms. The Balaban J connectivity index is 2.20. The Morgan fingerprint density at radius 2 is 2.35 bits per heavy atom. The van der Waals surface area contributed by atoms with Gasteiger partial charge in [-0.3, -0.25) is 15.0 Å². The first-order valence-electron chi connectivity index (χ1n) is 6.86. The summed E-state index contributed by atoms with van der Waals surface area (Å²) in [6.45, 7) is 0.0314. The molecule has 2 aliphatic rings. The van der Waals surface area contributed by atoms with E-state index in [-0.39, 0.29) is 24.7 Å². The summed E-state index contributed by atoms with van der Waals surface area (Å²) in [7, 11) is 1.40. The molecule has 8 nitrogen and oxygen atoms in total. The van der Waals surface area contributed by atoms with Crippen molar-refractivity contribution in [3.8, 4) is 0 Å². The maximum Gasteiger partial charge on any atom is 0.411 e. The second-order valence-corrected chi connectivity index (χ2v) is 5.49. The van der Waals surface area contributed by atoms with Gasteiger partial charge < -0.3 is 15.6 Å². The van der Waals surface area contributed by atoms with Gasteiger partial charge in [0.15, 0.2) is 0 Å². The maximum atomic E-state index is 14.4. The lowest BCUT2D eigenvalue weighted by molar-refractivity contribution is -0.133. The van der Waals surface area contributed by atoms with Crippen LogP contribution >= 0.6 is 0 Å². The van der Waals surface area contributed by atoms with Gasteiger partial charge in [-0.15, -0.1) is 0 Å². The number of guanidine groups is 1. The predicted octanol–water partition coefficient (Wildman–Crippen LogP) is 0.345. The summed E-state index contributed by atoms with van der Waals surface area (Å²) >= 11 is 0. The Kier molecular flexibility index (Phi) is 3.44. The zero-order chi connectivity index (χ0) is 16.8. The first-order valence-corrected chi connectivity index (χ1v) is 6.86. The predicted molar refractivity (Wildman–Crippen MR) is 78.2 cm³/mol. The van der Waals surface area contributed by atoms with Crippen LogP contribution in [0.15, 0.2) is 23.2 Å². The molecule has 1 aromatic rings. The van der Waals surface area contributed by atoms with Gasteiger partial charge in [0.2, 0.25) is 11.9 Å². The van der Waals surface area contributed by atoms with Gasteiger partial charge >= 0.3 is 6.09 Å². The normalized spacial score (nSPS) is 26.7. The lowest BCUT2D eigenvalue weighted by atomic mass is 9.79. The minimum Gasteiger partial charge on any atom is -0.465 e. The van der Waals surface area contributed by atoms with Gasteiger partial charge in [0.05, 0.1) is 19.1 Å². The highest BCUT2D eigenvalue weighted by molar-refractivity contribution is 6.05. The second-order valence-electron chi connectivity index (χ2n) is 5.49. The molecule has 0 spiro atoms. The molecule has 0 radical (unpaired) electrons. The van der Waals surface area contributed by atoms with Crippen LogP contribution < -0.4 is 11.1 Å². The summed E-state index contributed by atoms with van der Waals surface area (Å²) in [5, 5.41) is 11.0. The third-order valence-corrected chi connectivity index (χ3v) is 4.11. The van der Waals surface area contributed by atoms with Crippen molar-refractivity contribution in [2.24, 2.45) is 10.9 Å². The number of nitrogen functional groups attached to an aromatic ring is 1. The van der Waals surface area contributed by atoms with Crippen molar-refractivity contribution in [3.05, 3.63) is 29.6 Å². The van der Waals surface area contributed by atoms with Crippen LogP contribution in [0.1, 0.15) is 5.56 Å². The van der Waals surface area contributed by atoms with Crippen LogP contribution in [-0.2, 0) is 15.1 Å². The maximum absolute atomic E-state index is 14.4. The molecule has 2 atom stereocenters. The number of hydrogen-bond acceptors (Lipinski definition) is 5. The number of benzene rings is 1. The van der Waals surface area contributed by atoms with Crippen LogP contribution in [0.5, 0.6) is 0 Å². The zero-order valence-electron chi connectivity index (χ0n) is 12.2. The summed E-state index contributed by atoms with van der Waals surface area (Å²) < 4.78 is 19.7. The van der Waals surface area contributed by atoms with Crippen molar-refractivity contribution in [3.63, 3.8) is 0 Å². The molecule has 1 aromatic carbocycles. The monoisotopic (exact) mass is 322 g/mol. The van der Waals surface area contributed by atoms with E-state index in [1.54, 1.807) is 0 Å². The van der Waals surface area contributed by atoms with Crippen molar-refractivity contribution in [1.82, 2.24) is 10.2 Å². The van der Waals surface area contributed by atoms with Crippen molar-refractivity contribution in [2.45, 2.75) is 5.54 Å². The highest BCUT2D eigenvalue weighted by atomic mass is 19.1. The van der Waals surface area contributed by atoms with E-state index in [9.17, 15) is 14.0 Å². The van der Waals surface area contributed by atoms with Gasteiger partial charge in [0.1, 0.15) is 11.4 Å². The molecule has 1 saturated heterocycles. The number of carboxylic acid groups (broad SMARTS) is 1. The Morgan fingerprint density at radius 3 is 3.04 bits per heavy atom. The third kappa shape index (κ3) is 2.29. The molecule has 0 saturated carbocycles. The Labute approximate surface area is 130 Å². The van der Waals surface area contributed by atoms with E-state index in [0.717, 1.165) is 4.90 Å². The number of halogens is 1. The molecule has 1 fully saturated rings. The van der Waals surface area contributed by atoms with Gasteiger partial charge in [-0.1, -0.05) is 0 Å². The molecule has 4 N–H and O–H groups in total. The summed E-state index contributed by atoms with van der Waals surface area (Å²) in [6, 6.07) is 3.99. The van der Waals surface area contributed by atoms with Crippen LogP contribution in [0.4, 0.5) is 14.9 Å². The Bertz CT molecular complexity index is 723. The third-order valence-electron chi connectivity index (χ3n) is 4.11. The van der Waals surface area contributed by atoms with Crippen molar-refractivity contribution < 1.29 is 23.8 Å². The van der Waals surface area contributed by atoms with Gasteiger partial charge in [0, 0.05) is 18.3 Å². The standard InChI is InChI=1S/C14H15FN4O4/c1-19-11(20)9-5-23-6-14(9,18-12(19)17-13(21)22)8-4-7(16)2-3-10(8)15/h2-4,9H,5-6,16H2,1H3,(H,17,18)(H,21,22)/t9-,14+/m0/s1. The number of amides is 2. The number of anilines is 1. The lowest BCUT2D eigenvalue weighted by Crippen LogP contribution is -2.56. The molecular formula is C14H15FN4O4. The van der Waals surface area contributed by atoms with E-state index >= 15 is 0 Å². The number of carbonyl (C=O) groups is 2. The van der Waals surface area contributed by atoms with Gasteiger partial charge in [0.25, 0.3) is 0 Å². The highest BCUT2D eigenvalue weighted by Crippen LogP contribution is 2.44. The molecule has 122 valence electrons. The minimum absolute atomic E-state index is 0.0393. The SMILES string of the molecule is CN1C(=O)[C@@H]2COC[C@]2(c2cc(N)ccc2F)N=C1NC(=O)O. The van der Waals surface area contributed by atoms with E-state index in [1.165, 1.54) is 25.2 Å². The number of hydrogen-bond donors (Lipinski definition) is 3. The molecule has 23 heavy (non-hydrogen) atoms. The number of nitrogens with zero attached hydrogens (tertiary/aromatic N) is 2. The molecule has 2 aliphatic heterocycles. The second kappa shape index (κ2) is 5.20. The van der Waals surface area contributed by atoms with Crippen LogP contribution in [0.2, 0.25) is 0 Å². The molecule has 0 aromatic heterocycles. The average molecular weight is 322 g/mol. The molecule has 0 bridgehead atoms. The Hall–Kier alpha value is -2.68. The molecule has 2 heterocycles. The first kappa shape index (κ1) is 15.2. The lowest BCUT2D eigenvalue weighted by Gasteiger charge is -2.38. The van der Waals surface area contributed by atoms with Crippen LogP contribution in [0, 0.1) is 11.7 Å². The fraction of sp³-hybridized carbons (Fsp3) is 0.357. The fourth-order valence-electron chi connectivity index (χ4n) is 2.97. The van der Waals surface area contributed by atoms with E-state index in [1.807, 2.05) is 0 Å². The average Bonchev–Trinajstić information content (AvgIpc) is 2.91. The number of ether oxygens (including phenoxy) is 1. The highest BCUT2D eigenvalue weighted by Gasteiger charge is 2.55. The smallest absolute Gasteiger partial charge is 0.411 e. The number of fused-ring (bicyclic) bond motifs is 1. The number of nitrogens with two attached hydrogens (primary N) is 1. The quantitative estimate of drug-likeness (QED) is 0.645. The van der Waals surface area contributed by atoms with E-state index in [4.69, 9.17) is 15.6 Å². The molecule has 0 aliphatic carbocycles.